The maximum atomic E-state index is 10.9. The van der Waals surface area contributed by atoms with Crippen LogP contribution in [0.3, 0.4) is 0 Å². The predicted octanol–water partition coefficient (Wildman–Crippen LogP) is -0.611. The molecule has 0 aromatic carbocycles. The van der Waals surface area contributed by atoms with Crippen LogP contribution in [0.2, 0.25) is 0 Å². The van der Waals surface area contributed by atoms with Crippen molar-refractivity contribution in [2.75, 3.05) is 39.8 Å². The lowest BCUT2D eigenvalue weighted by Crippen LogP contribution is -2.52. The number of carbonyl (C=O) groups excluding carboxylic acids is 1. The molecule has 1 saturated heterocycles. The van der Waals surface area contributed by atoms with Crippen LogP contribution in [0.15, 0.2) is 0 Å². The van der Waals surface area contributed by atoms with Gasteiger partial charge in [0.15, 0.2) is 0 Å². The molecule has 4 heteroatoms. The zero-order valence-electron chi connectivity index (χ0n) is 8.36. The Kier molecular flexibility index (Phi) is 3.69. The number of aliphatic hydroxyl groups excluding tert-OH is 1. The van der Waals surface area contributed by atoms with Crippen LogP contribution in [0, 0.1) is 5.92 Å². The van der Waals surface area contributed by atoms with Crippen molar-refractivity contribution in [2.24, 2.45) is 5.92 Å². The Morgan fingerprint density at radius 2 is 2.23 bits per heavy atom. The Morgan fingerprint density at radius 1 is 1.62 bits per heavy atom. The Morgan fingerprint density at radius 3 is 2.69 bits per heavy atom. The molecule has 0 aromatic heterocycles. The van der Waals surface area contributed by atoms with E-state index in [9.17, 15) is 4.79 Å². The van der Waals surface area contributed by atoms with Gasteiger partial charge in [-0.3, -0.25) is 4.79 Å². The van der Waals surface area contributed by atoms with Crippen LogP contribution in [0.25, 0.3) is 0 Å². The van der Waals surface area contributed by atoms with Crippen LogP contribution in [-0.2, 0) is 4.79 Å². The summed E-state index contributed by atoms with van der Waals surface area (Å²) in [7, 11) is 1.99. The van der Waals surface area contributed by atoms with E-state index in [2.05, 4.69) is 4.90 Å². The first-order valence-electron chi connectivity index (χ1n) is 4.68. The molecule has 0 radical (unpaired) electrons. The van der Waals surface area contributed by atoms with Crippen molar-refractivity contribution in [1.29, 1.82) is 0 Å². The van der Waals surface area contributed by atoms with Crippen LogP contribution in [0.1, 0.15) is 6.92 Å². The first kappa shape index (κ1) is 10.5. The molecule has 1 aliphatic heterocycles. The van der Waals surface area contributed by atoms with Crippen molar-refractivity contribution in [3.8, 4) is 0 Å². The molecule has 13 heavy (non-hydrogen) atoms. The summed E-state index contributed by atoms with van der Waals surface area (Å²) in [6.07, 6.45) is 0. The number of likely N-dealkylation sites (tertiary alicyclic amines) is 1. The third-order valence-corrected chi connectivity index (χ3v) is 2.45. The largest absolute Gasteiger partial charge is 0.395 e. The molecule has 1 N–H and O–H groups in total. The molecule has 0 saturated carbocycles. The molecule has 76 valence electrons. The standard InChI is InChI=1S/C9H18N2O2/c1-8(13)11-6-9(7-11)5-10(2)3-4-12/h9,12H,3-7H2,1-2H3. The molecule has 0 unspecified atom stereocenters. The van der Waals surface area contributed by atoms with Crippen molar-refractivity contribution < 1.29 is 9.90 Å². The van der Waals surface area contributed by atoms with E-state index < -0.39 is 0 Å². The second-order valence-corrected chi connectivity index (χ2v) is 3.78. The summed E-state index contributed by atoms with van der Waals surface area (Å²) in [5, 5.41) is 8.67. The van der Waals surface area contributed by atoms with E-state index >= 15 is 0 Å². The van der Waals surface area contributed by atoms with E-state index in [0.29, 0.717) is 5.92 Å². The highest BCUT2D eigenvalue weighted by Gasteiger charge is 2.28. The molecule has 4 nitrogen and oxygen atoms in total. The normalized spacial score (nSPS) is 17.7. The highest BCUT2D eigenvalue weighted by Crippen LogP contribution is 2.15. The van der Waals surface area contributed by atoms with Crippen LogP contribution in [-0.4, -0.2) is 60.6 Å². The fourth-order valence-electron chi connectivity index (χ4n) is 1.65. The van der Waals surface area contributed by atoms with Gasteiger partial charge in [0.2, 0.25) is 5.91 Å². The van der Waals surface area contributed by atoms with Crippen molar-refractivity contribution in [3.05, 3.63) is 0 Å². The van der Waals surface area contributed by atoms with E-state index in [0.717, 1.165) is 26.2 Å². The zero-order chi connectivity index (χ0) is 9.84. The quantitative estimate of drug-likeness (QED) is 0.637. The fraction of sp³-hybridized carbons (Fsp3) is 0.889. The zero-order valence-corrected chi connectivity index (χ0v) is 8.36. The third-order valence-electron chi connectivity index (χ3n) is 2.45. The summed E-state index contributed by atoms with van der Waals surface area (Å²) in [6.45, 7) is 5.27. The van der Waals surface area contributed by atoms with Crippen LogP contribution in [0.4, 0.5) is 0 Å². The SMILES string of the molecule is CC(=O)N1CC(CN(C)CCO)C1. The number of nitrogens with zero attached hydrogens (tertiary/aromatic N) is 2. The average molecular weight is 186 g/mol. The van der Waals surface area contributed by atoms with Gasteiger partial charge in [-0.1, -0.05) is 0 Å². The Labute approximate surface area is 79.1 Å². The summed E-state index contributed by atoms with van der Waals surface area (Å²) in [5.41, 5.74) is 0. The van der Waals surface area contributed by atoms with E-state index in [4.69, 9.17) is 5.11 Å². The monoisotopic (exact) mass is 186 g/mol. The third kappa shape index (κ3) is 2.97. The Hall–Kier alpha value is -0.610. The highest BCUT2D eigenvalue weighted by atomic mass is 16.3. The molecule has 1 heterocycles. The van der Waals surface area contributed by atoms with Crippen molar-refractivity contribution in [1.82, 2.24) is 9.80 Å². The van der Waals surface area contributed by atoms with Gasteiger partial charge in [-0.05, 0) is 7.05 Å². The van der Waals surface area contributed by atoms with Crippen molar-refractivity contribution in [2.45, 2.75) is 6.92 Å². The van der Waals surface area contributed by atoms with Crippen LogP contribution in [0.5, 0.6) is 0 Å². The molecular formula is C9H18N2O2. The first-order chi connectivity index (χ1) is 6.13. The van der Waals surface area contributed by atoms with Gasteiger partial charge in [0, 0.05) is 39.0 Å². The summed E-state index contributed by atoms with van der Waals surface area (Å²) in [6, 6.07) is 0. The molecule has 0 bridgehead atoms. The molecule has 0 atom stereocenters. The summed E-state index contributed by atoms with van der Waals surface area (Å²) < 4.78 is 0. The van der Waals surface area contributed by atoms with E-state index in [1.54, 1.807) is 6.92 Å². The second kappa shape index (κ2) is 4.58. The van der Waals surface area contributed by atoms with Crippen LogP contribution < -0.4 is 0 Å². The molecule has 1 fully saturated rings. The van der Waals surface area contributed by atoms with Gasteiger partial charge in [-0.25, -0.2) is 0 Å². The van der Waals surface area contributed by atoms with Gasteiger partial charge in [-0.15, -0.1) is 0 Å². The molecule has 1 rings (SSSR count). The van der Waals surface area contributed by atoms with Crippen LogP contribution >= 0.6 is 0 Å². The van der Waals surface area contributed by atoms with Gasteiger partial charge in [0.05, 0.1) is 6.61 Å². The number of carbonyl (C=O) groups is 1. The number of hydrogen-bond donors (Lipinski definition) is 1. The maximum Gasteiger partial charge on any atom is 0.219 e. The van der Waals surface area contributed by atoms with Gasteiger partial charge in [0.25, 0.3) is 0 Å². The number of hydrogen-bond acceptors (Lipinski definition) is 3. The minimum Gasteiger partial charge on any atom is -0.395 e. The highest BCUT2D eigenvalue weighted by molar-refractivity contribution is 5.74. The van der Waals surface area contributed by atoms with Gasteiger partial charge >= 0.3 is 0 Å². The van der Waals surface area contributed by atoms with Crippen molar-refractivity contribution in [3.63, 3.8) is 0 Å². The Bertz CT molecular complexity index is 178. The lowest BCUT2D eigenvalue weighted by atomic mass is 10.00. The average Bonchev–Trinajstić information content (AvgIpc) is 1.95. The lowest BCUT2D eigenvalue weighted by molar-refractivity contribution is -0.135. The van der Waals surface area contributed by atoms with Gasteiger partial charge < -0.3 is 14.9 Å². The molecular weight excluding hydrogens is 168 g/mol. The number of amides is 1. The van der Waals surface area contributed by atoms with Gasteiger partial charge in [-0.2, -0.15) is 0 Å². The van der Waals surface area contributed by atoms with Crippen molar-refractivity contribution >= 4 is 5.91 Å². The predicted molar refractivity (Wildman–Crippen MR) is 50.3 cm³/mol. The minimum atomic E-state index is 0.168. The maximum absolute atomic E-state index is 10.9. The second-order valence-electron chi connectivity index (χ2n) is 3.78. The minimum absolute atomic E-state index is 0.168. The molecule has 1 aliphatic rings. The van der Waals surface area contributed by atoms with E-state index in [-0.39, 0.29) is 12.5 Å². The lowest BCUT2D eigenvalue weighted by Gasteiger charge is -2.40. The number of rotatable bonds is 4. The van der Waals surface area contributed by atoms with Gasteiger partial charge in [0.1, 0.15) is 0 Å². The first-order valence-corrected chi connectivity index (χ1v) is 4.68. The summed E-state index contributed by atoms with van der Waals surface area (Å²) >= 11 is 0. The molecule has 0 aliphatic carbocycles. The number of likely N-dealkylation sites (N-methyl/N-ethyl adjacent to an activating group) is 1. The molecule has 1 amide bonds. The van der Waals surface area contributed by atoms with E-state index in [1.807, 2.05) is 11.9 Å². The fourth-order valence-corrected chi connectivity index (χ4v) is 1.65. The number of aliphatic hydroxyl groups is 1. The molecule has 0 spiro atoms. The summed E-state index contributed by atoms with van der Waals surface area (Å²) in [4.78, 5) is 14.8. The molecule has 0 aromatic rings. The smallest absolute Gasteiger partial charge is 0.219 e. The topological polar surface area (TPSA) is 43.8 Å². The Balaban J connectivity index is 2.10. The summed E-state index contributed by atoms with van der Waals surface area (Å²) in [5.74, 6) is 0.765. The van der Waals surface area contributed by atoms with E-state index in [1.165, 1.54) is 0 Å².